The van der Waals surface area contributed by atoms with Gasteiger partial charge >= 0.3 is 0 Å². The zero-order valence-corrected chi connectivity index (χ0v) is 11.3. The number of aromatic nitrogens is 2. The van der Waals surface area contributed by atoms with Crippen LogP contribution in [0.4, 0.5) is 0 Å². The van der Waals surface area contributed by atoms with Gasteiger partial charge in [-0.3, -0.25) is 4.68 Å². The minimum Gasteiger partial charge on any atom is -0.310 e. The molecule has 19 heavy (non-hydrogen) atoms. The standard InChI is InChI=1S/C15H18N4/c1-12(14-5-3-4-13(10-14)11-16)17-8-6-15-7-9-18-19(15)2/h3-5,7,9-10,12,17H,6,8H2,1-2H3. The van der Waals surface area contributed by atoms with Crippen LogP contribution in [0.5, 0.6) is 0 Å². The summed E-state index contributed by atoms with van der Waals surface area (Å²) >= 11 is 0. The molecule has 4 heteroatoms. The predicted molar refractivity (Wildman–Crippen MR) is 74.5 cm³/mol. The first-order chi connectivity index (χ1) is 9.20. The summed E-state index contributed by atoms with van der Waals surface area (Å²) in [5.41, 5.74) is 3.06. The van der Waals surface area contributed by atoms with E-state index in [1.165, 1.54) is 5.69 Å². The van der Waals surface area contributed by atoms with Crippen LogP contribution in [0.2, 0.25) is 0 Å². The fourth-order valence-electron chi connectivity index (χ4n) is 2.06. The maximum absolute atomic E-state index is 8.90. The summed E-state index contributed by atoms with van der Waals surface area (Å²) in [6.45, 7) is 3.00. The molecule has 0 saturated carbocycles. The Bertz CT molecular complexity index is 580. The van der Waals surface area contributed by atoms with Crippen molar-refractivity contribution in [2.45, 2.75) is 19.4 Å². The largest absolute Gasteiger partial charge is 0.310 e. The third kappa shape index (κ3) is 3.43. The summed E-state index contributed by atoms with van der Waals surface area (Å²) in [5.74, 6) is 0. The Kier molecular flexibility index (Phi) is 4.32. The first kappa shape index (κ1) is 13.3. The first-order valence-corrected chi connectivity index (χ1v) is 6.41. The van der Waals surface area contributed by atoms with E-state index in [1.54, 1.807) is 0 Å². The highest BCUT2D eigenvalue weighted by atomic mass is 15.3. The Morgan fingerprint density at radius 2 is 2.26 bits per heavy atom. The SMILES string of the molecule is CC(NCCc1ccnn1C)c1cccc(C#N)c1. The Balaban J connectivity index is 1.89. The second-order valence-corrected chi connectivity index (χ2v) is 4.61. The lowest BCUT2D eigenvalue weighted by atomic mass is 10.1. The minimum absolute atomic E-state index is 0.238. The van der Waals surface area contributed by atoms with E-state index in [9.17, 15) is 0 Å². The van der Waals surface area contributed by atoms with Crippen LogP contribution in [0.15, 0.2) is 36.5 Å². The van der Waals surface area contributed by atoms with Gasteiger partial charge in [0.15, 0.2) is 0 Å². The van der Waals surface area contributed by atoms with Crippen molar-refractivity contribution in [2.24, 2.45) is 7.05 Å². The number of nitriles is 1. The number of hydrogen-bond donors (Lipinski definition) is 1. The summed E-state index contributed by atoms with van der Waals surface area (Å²) in [5, 5.41) is 16.5. The highest BCUT2D eigenvalue weighted by Crippen LogP contribution is 2.13. The van der Waals surface area contributed by atoms with Crippen molar-refractivity contribution in [3.05, 3.63) is 53.3 Å². The average Bonchev–Trinajstić information content (AvgIpc) is 2.84. The highest BCUT2D eigenvalue weighted by molar-refractivity contribution is 5.34. The summed E-state index contributed by atoms with van der Waals surface area (Å²) in [7, 11) is 1.95. The van der Waals surface area contributed by atoms with E-state index in [4.69, 9.17) is 5.26 Å². The number of benzene rings is 1. The van der Waals surface area contributed by atoms with Crippen molar-refractivity contribution < 1.29 is 0 Å². The van der Waals surface area contributed by atoms with Crippen LogP contribution < -0.4 is 5.32 Å². The van der Waals surface area contributed by atoms with Gasteiger partial charge in [0.05, 0.1) is 11.6 Å². The third-order valence-corrected chi connectivity index (χ3v) is 3.27. The van der Waals surface area contributed by atoms with Crippen molar-refractivity contribution in [1.82, 2.24) is 15.1 Å². The topological polar surface area (TPSA) is 53.6 Å². The molecule has 0 bridgehead atoms. The fraction of sp³-hybridized carbons (Fsp3) is 0.333. The lowest BCUT2D eigenvalue weighted by Gasteiger charge is -2.14. The van der Waals surface area contributed by atoms with Gasteiger partial charge in [-0.25, -0.2) is 0 Å². The van der Waals surface area contributed by atoms with Crippen LogP contribution in [-0.2, 0) is 13.5 Å². The normalized spacial score (nSPS) is 12.1. The van der Waals surface area contributed by atoms with E-state index in [0.717, 1.165) is 18.5 Å². The maximum atomic E-state index is 8.90. The smallest absolute Gasteiger partial charge is 0.0991 e. The maximum Gasteiger partial charge on any atom is 0.0991 e. The van der Waals surface area contributed by atoms with Crippen molar-refractivity contribution in [2.75, 3.05) is 6.54 Å². The molecule has 0 spiro atoms. The van der Waals surface area contributed by atoms with Gasteiger partial charge in [0, 0.05) is 37.9 Å². The molecule has 0 fully saturated rings. The van der Waals surface area contributed by atoms with Crippen molar-refractivity contribution in [1.29, 1.82) is 5.26 Å². The van der Waals surface area contributed by atoms with Crippen LogP contribution in [0.3, 0.4) is 0 Å². The van der Waals surface area contributed by atoms with Gasteiger partial charge in [-0.2, -0.15) is 10.4 Å². The van der Waals surface area contributed by atoms with E-state index in [1.807, 2.05) is 48.3 Å². The molecule has 1 N–H and O–H groups in total. The zero-order valence-electron chi connectivity index (χ0n) is 11.3. The van der Waals surface area contributed by atoms with Crippen molar-refractivity contribution in [3.8, 4) is 6.07 Å². The van der Waals surface area contributed by atoms with Gasteiger partial charge in [0.2, 0.25) is 0 Å². The molecule has 0 aliphatic heterocycles. The fourth-order valence-corrected chi connectivity index (χ4v) is 2.06. The van der Waals surface area contributed by atoms with Gasteiger partial charge in [-0.05, 0) is 30.7 Å². The van der Waals surface area contributed by atoms with Crippen LogP contribution in [-0.4, -0.2) is 16.3 Å². The van der Waals surface area contributed by atoms with Crippen molar-refractivity contribution >= 4 is 0 Å². The lowest BCUT2D eigenvalue weighted by Crippen LogP contribution is -2.22. The molecular formula is C15H18N4. The molecule has 1 aromatic heterocycles. The van der Waals surface area contributed by atoms with Crippen LogP contribution in [0.25, 0.3) is 0 Å². The minimum atomic E-state index is 0.238. The molecule has 0 aliphatic carbocycles. The van der Waals surface area contributed by atoms with E-state index in [-0.39, 0.29) is 6.04 Å². The number of aryl methyl sites for hydroxylation is 1. The van der Waals surface area contributed by atoms with Crippen molar-refractivity contribution in [3.63, 3.8) is 0 Å². The second kappa shape index (κ2) is 6.17. The highest BCUT2D eigenvalue weighted by Gasteiger charge is 2.06. The molecule has 0 aliphatic rings. The van der Waals surface area contributed by atoms with Crippen LogP contribution in [0, 0.1) is 11.3 Å². The average molecular weight is 254 g/mol. The summed E-state index contributed by atoms with van der Waals surface area (Å²) in [6, 6.07) is 12.2. The molecular weight excluding hydrogens is 236 g/mol. The molecule has 1 unspecified atom stereocenters. The molecule has 0 radical (unpaired) electrons. The molecule has 98 valence electrons. The third-order valence-electron chi connectivity index (χ3n) is 3.27. The zero-order chi connectivity index (χ0) is 13.7. The Labute approximate surface area is 113 Å². The quantitative estimate of drug-likeness (QED) is 0.889. The van der Waals surface area contributed by atoms with Gasteiger partial charge in [-0.1, -0.05) is 12.1 Å². The molecule has 2 rings (SSSR count). The molecule has 0 amide bonds. The predicted octanol–water partition coefficient (Wildman–Crippen LogP) is 2.19. The monoisotopic (exact) mass is 254 g/mol. The van der Waals surface area contributed by atoms with Crippen LogP contribution in [0.1, 0.15) is 29.8 Å². The summed E-state index contributed by atoms with van der Waals surface area (Å²) < 4.78 is 1.89. The van der Waals surface area contributed by atoms with Crippen LogP contribution >= 0.6 is 0 Å². The number of nitrogens with one attached hydrogen (secondary N) is 1. The van der Waals surface area contributed by atoms with E-state index >= 15 is 0 Å². The number of nitrogens with zero attached hydrogens (tertiary/aromatic N) is 3. The number of hydrogen-bond acceptors (Lipinski definition) is 3. The van der Waals surface area contributed by atoms with Gasteiger partial charge in [-0.15, -0.1) is 0 Å². The Morgan fingerprint density at radius 1 is 1.42 bits per heavy atom. The first-order valence-electron chi connectivity index (χ1n) is 6.41. The Morgan fingerprint density at radius 3 is 2.95 bits per heavy atom. The lowest BCUT2D eigenvalue weighted by molar-refractivity contribution is 0.564. The van der Waals surface area contributed by atoms with Gasteiger partial charge < -0.3 is 5.32 Å². The van der Waals surface area contributed by atoms with E-state index in [0.29, 0.717) is 5.56 Å². The summed E-state index contributed by atoms with van der Waals surface area (Å²) in [4.78, 5) is 0. The molecule has 1 aromatic carbocycles. The molecule has 1 heterocycles. The second-order valence-electron chi connectivity index (χ2n) is 4.61. The van der Waals surface area contributed by atoms with Gasteiger partial charge in [0.1, 0.15) is 0 Å². The number of rotatable bonds is 5. The van der Waals surface area contributed by atoms with E-state index in [2.05, 4.69) is 23.4 Å². The molecule has 2 aromatic rings. The molecule has 4 nitrogen and oxygen atoms in total. The molecule has 0 saturated heterocycles. The van der Waals surface area contributed by atoms with Gasteiger partial charge in [0.25, 0.3) is 0 Å². The molecule has 1 atom stereocenters. The Hall–Kier alpha value is -2.12. The van der Waals surface area contributed by atoms with E-state index < -0.39 is 0 Å². The summed E-state index contributed by atoms with van der Waals surface area (Å²) in [6.07, 6.45) is 2.76.